The van der Waals surface area contributed by atoms with Crippen molar-refractivity contribution in [2.75, 3.05) is 20.1 Å². The maximum Gasteiger partial charge on any atom is 0.220 e. The lowest BCUT2D eigenvalue weighted by Crippen LogP contribution is -2.38. The molecule has 6 nitrogen and oxygen atoms in total. The van der Waals surface area contributed by atoms with Gasteiger partial charge in [0, 0.05) is 50.9 Å². The number of aliphatic imine (C=N–C) groups is 1. The highest BCUT2D eigenvalue weighted by atomic mass is 16.1. The molecule has 26 heavy (non-hydrogen) atoms. The van der Waals surface area contributed by atoms with Crippen LogP contribution in [0.1, 0.15) is 32.1 Å². The molecule has 2 aromatic rings. The van der Waals surface area contributed by atoms with Gasteiger partial charge in [-0.1, -0.05) is 18.2 Å². The summed E-state index contributed by atoms with van der Waals surface area (Å²) in [5, 5.41) is 10.9. The molecule has 140 valence electrons. The Morgan fingerprint density at radius 1 is 1.15 bits per heavy atom. The number of nitrogens with one attached hydrogen (secondary N) is 3. The van der Waals surface area contributed by atoms with Crippen molar-refractivity contribution >= 4 is 22.8 Å². The summed E-state index contributed by atoms with van der Waals surface area (Å²) in [6.45, 7) is 2.58. The van der Waals surface area contributed by atoms with E-state index in [-0.39, 0.29) is 5.91 Å². The van der Waals surface area contributed by atoms with Gasteiger partial charge in [0.15, 0.2) is 5.96 Å². The highest BCUT2D eigenvalue weighted by Gasteiger charge is 2.22. The zero-order chi connectivity index (χ0) is 18.2. The van der Waals surface area contributed by atoms with Crippen molar-refractivity contribution in [2.24, 2.45) is 4.99 Å². The number of rotatable bonds is 9. The number of benzene rings is 1. The van der Waals surface area contributed by atoms with Gasteiger partial charge in [-0.15, -0.1) is 0 Å². The minimum atomic E-state index is 0.163. The molecule has 1 aromatic carbocycles. The third-order valence-electron chi connectivity index (χ3n) is 4.59. The molecule has 1 aliphatic rings. The van der Waals surface area contributed by atoms with Crippen molar-refractivity contribution in [3.8, 4) is 0 Å². The Hall–Kier alpha value is -2.50. The fraction of sp³-hybridized carbons (Fsp3) is 0.500. The molecule has 0 spiro atoms. The molecule has 3 rings (SSSR count). The van der Waals surface area contributed by atoms with Crippen LogP contribution in [-0.2, 0) is 11.3 Å². The summed E-state index contributed by atoms with van der Waals surface area (Å²) in [5.74, 6) is 0.959. The first-order valence-corrected chi connectivity index (χ1v) is 9.54. The van der Waals surface area contributed by atoms with E-state index in [0.29, 0.717) is 12.5 Å². The zero-order valence-electron chi connectivity index (χ0n) is 15.5. The number of para-hydroxylation sites is 1. The number of hydrogen-bond donors (Lipinski definition) is 3. The van der Waals surface area contributed by atoms with Crippen LogP contribution in [0.4, 0.5) is 0 Å². The number of guanidine groups is 1. The zero-order valence-corrected chi connectivity index (χ0v) is 15.5. The van der Waals surface area contributed by atoms with E-state index in [0.717, 1.165) is 51.3 Å². The van der Waals surface area contributed by atoms with E-state index in [2.05, 4.69) is 62.0 Å². The van der Waals surface area contributed by atoms with Gasteiger partial charge in [-0.2, -0.15) is 0 Å². The molecule has 0 atom stereocenters. The number of amides is 1. The Balaban J connectivity index is 1.29. The Morgan fingerprint density at radius 2 is 1.92 bits per heavy atom. The third kappa shape index (κ3) is 5.51. The number of carbonyl (C=O) groups is 1. The van der Waals surface area contributed by atoms with Crippen molar-refractivity contribution < 1.29 is 4.79 Å². The van der Waals surface area contributed by atoms with Gasteiger partial charge in [0.25, 0.3) is 0 Å². The molecule has 0 aliphatic heterocycles. The lowest BCUT2D eigenvalue weighted by molar-refractivity contribution is -0.121. The van der Waals surface area contributed by atoms with Crippen LogP contribution in [0, 0.1) is 0 Å². The number of aromatic nitrogens is 1. The van der Waals surface area contributed by atoms with Crippen LogP contribution >= 0.6 is 0 Å². The molecular weight excluding hydrogens is 326 g/mol. The second-order valence-corrected chi connectivity index (χ2v) is 6.79. The van der Waals surface area contributed by atoms with Gasteiger partial charge in [-0.05, 0) is 43.2 Å². The number of aryl methyl sites for hydroxylation is 1. The summed E-state index contributed by atoms with van der Waals surface area (Å²) in [4.78, 5) is 15.9. The van der Waals surface area contributed by atoms with Crippen LogP contribution < -0.4 is 16.0 Å². The first-order chi connectivity index (χ1) is 12.8. The fourth-order valence-corrected chi connectivity index (χ4v) is 3.00. The fourth-order valence-electron chi connectivity index (χ4n) is 3.00. The first-order valence-electron chi connectivity index (χ1n) is 9.54. The van der Waals surface area contributed by atoms with Crippen molar-refractivity contribution in [2.45, 2.75) is 44.7 Å². The Labute approximate surface area is 155 Å². The average Bonchev–Trinajstić information content (AvgIpc) is 3.37. The number of fused-ring (bicyclic) bond motifs is 1. The largest absolute Gasteiger partial charge is 0.356 e. The standard InChI is InChI=1S/C20H29N5O/c1-21-20(22-12-4-8-19(26)24-17-9-10-17)23-13-5-14-25-15-11-16-6-2-3-7-18(16)25/h2-3,6-7,11,15,17H,4-5,8-10,12-14H2,1H3,(H,24,26)(H2,21,22,23). The smallest absolute Gasteiger partial charge is 0.220 e. The second-order valence-electron chi connectivity index (χ2n) is 6.79. The Morgan fingerprint density at radius 3 is 2.69 bits per heavy atom. The van der Waals surface area contributed by atoms with Crippen LogP contribution in [-0.4, -0.2) is 42.6 Å². The van der Waals surface area contributed by atoms with Crippen molar-refractivity contribution in [3.05, 3.63) is 36.5 Å². The van der Waals surface area contributed by atoms with E-state index in [9.17, 15) is 4.79 Å². The predicted molar refractivity (Wildman–Crippen MR) is 106 cm³/mol. The Bertz CT molecular complexity index is 747. The molecule has 1 heterocycles. The summed E-state index contributed by atoms with van der Waals surface area (Å²) in [7, 11) is 1.77. The van der Waals surface area contributed by atoms with Crippen LogP contribution in [0.25, 0.3) is 10.9 Å². The monoisotopic (exact) mass is 355 g/mol. The van der Waals surface area contributed by atoms with E-state index in [4.69, 9.17) is 0 Å². The maximum absolute atomic E-state index is 11.6. The topological polar surface area (TPSA) is 70.4 Å². The molecular formula is C20H29N5O. The third-order valence-corrected chi connectivity index (χ3v) is 4.59. The normalized spacial score (nSPS) is 14.4. The van der Waals surface area contributed by atoms with E-state index in [1.165, 1.54) is 10.9 Å². The van der Waals surface area contributed by atoms with Crippen LogP contribution in [0.15, 0.2) is 41.5 Å². The number of carbonyl (C=O) groups excluding carboxylic acids is 1. The van der Waals surface area contributed by atoms with Gasteiger partial charge in [-0.3, -0.25) is 9.79 Å². The quantitative estimate of drug-likeness (QED) is 0.367. The van der Waals surface area contributed by atoms with Crippen molar-refractivity contribution in [3.63, 3.8) is 0 Å². The van der Waals surface area contributed by atoms with E-state index >= 15 is 0 Å². The Kier molecular flexibility index (Phi) is 6.52. The highest BCUT2D eigenvalue weighted by Crippen LogP contribution is 2.18. The molecule has 1 fully saturated rings. The van der Waals surface area contributed by atoms with E-state index in [1.54, 1.807) is 7.05 Å². The molecule has 1 saturated carbocycles. The molecule has 0 bridgehead atoms. The molecule has 1 amide bonds. The summed E-state index contributed by atoms with van der Waals surface area (Å²) in [6, 6.07) is 11.0. The summed E-state index contributed by atoms with van der Waals surface area (Å²) in [6.07, 6.45) is 6.82. The van der Waals surface area contributed by atoms with E-state index in [1.807, 2.05) is 0 Å². The van der Waals surface area contributed by atoms with Gasteiger partial charge < -0.3 is 20.5 Å². The molecule has 6 heteroatoms. The predicted octanol–water partition coefficient (Wildman–Crippen LogP) is 2.26. The average molecular weight is 355 g/mol. The molecule has 3 N–H and O–H groups in total. The summed E-state index contributed by atoms with van der Waals surface area (Å²) < 4.78 is 2.28. The van der Waals surface area contributed by atoms with E-state index < -0.39 is 0 Å². The minimum Gasteiger partial charge on any atom is -0.356 e. The van der Waals surface area contributed by atoms with Crippen molar-refractivity contribution in [1.29, 1.82) is 0 Å². The molecule has 0 saturated heterocycles. The van der Waals surface area contributed by atoms with Gasteiger partial charge >= 0.3 is 0 Å². The van der Waals surface area contributed by atoms with Crippen LogP contribution in [0.3, 0.4) is 0 Å². The van der Waals surface area contributed by atoms with Gasteiger partial charge in [0.1, 0.15) is 0 Å². The van der Waals surface area contributed by atoms with Crippen molar-refractivity contribution in [1.82, 2.24) is 20.5 Å². The lowest BCUT2D eigenvalue weighted by Gasteiger charge is -2.12. The van der Waals surface area contributed by atoms with Crippen LogP contribution in [0.5, 0.6) is 0 Å². The van der Waals surface area contributed by atoms with Crippen LogP contribution in [0.2, 0.25) is 0 Å². The molecule has 1 aliphatic carbocycles. The number of hydrogen-bond acceptors (Lipinski definition) is 2. The highest BCUT2D eigenvalue weighted by molar-refractivity contribution is 5.80. The summed E-state index contributed by atoms with van der Waals surface area (Å²) >= 11 is 0. The summed E-state index contributed by atoms with van der Waals surface area (Å²) in [5.41, 5.74) is 1.28. The maximum atomic E-state index is 11.6. The second kappa shape index (κ2) is 9.27. The molecule has 0 radical (unpaired) electrons. The minimum absolute atomic E-state index is 0.163. The SMILES string of the molecule is CN=C(NCCCC(=O)NC1CC1)NCCCn1ccc2ccccc21. The van der Waals surface area contributed by atoms with Gasteiger partial charge in [0.2, 0.25) is 5.91 Å². The van der Waals surface area contributed by atoms with Gasteiger partial charge in [0.05, 0.1) is 0 Å². The lowest BCUT2D eigenvalue weighted by atomic mass is 10.2. The van der Waals surface area contributed by atoms with Gasteiger partial charge in [-0.25, -0.2) is 0 Å². The molecule has 1 aromatic heterocycles. The number of nitrogens with zero attached hydrogens (tertiary/aromatic N) is 2. The molecule has 0 unspecified atom stereocenters. The first kappa shape index (κ1) is 18.3.